The SMILES string of the molecule is CCCc1nccn1CCBr. The van der Waals surface area contributed by atoms with Gasteiger partial charge in [-0.1, -0.05) is 22.9 Å². The minimum Gasteiger partial charge on any atom is -0.334 e. The molecule has 0 saturated carbocycles. The Morgan fingerprint density at radius 2 is 2.45 bits per heavy atom. The predicted molar refractivity (Wildman–Crippen MR) is 50.0 cm³/mol. The molecular formula is C8H13BrN2. The molecule has 3 heteroatoms. The normalized spacial score (nSPS) is 10.4. The van der Waals surface area contributed by atoms with Crippen LogP contribution in [0.25, 0.3) is 0 Å². The Kier molecular flexibility index (Phi) is 3.63. The average molecular weight is 217 g/mol. The standard InChI is InChI=1S/C8H13BrN2/c1-2-3-8-10-5-7-11(8)6-4-9/h5,7H,2-4,6H2,1H3. The number of hydrogen-bond donors (Lipinski definition) is 0. The van der Waals surface area contributed by atoms with Gasteiger partial charge in [0.2, 0.25) is 0 Å². The summed E-state index contributed by atoms with van der Waals surface area (Å²) in [6.45, 7) is 3.20. The number of hydrogen-bond acceptors (Lipinski definition) is 1. The minimum atomic E-state index is 1.00. The first-order valence-electron chi connectivity index (χ1n) is 3.94. The van der Waals surface area contributed by atoms with Gasteiger partial charge in [0.05, 0.1) is 0 Å². The van der Waals surface area contributed by atoms with Crippen LogP contribution in [0.3, 0.4) is 0 Å². The average Bonchev–Trinajstić information content (AvgIpc) is 2.39. The van der Waals surface area contributed by atoms with Crippen molar-refractivity contribution in [1.82, 2.24) is 9.55 Å². The first-order valence-corrected chi connectivity index (χ1v) is 5.06. The third-order valence-corrected chi connectivity index (χ3v) is 1.96. The number of nitrogens with zero attached hydrogens (tertiary/aromatic N) is 2. The molecule has 0 atom stereocenters. The molecule has 0 radical (unpaired) electrons. The molecule has 0 saturated heterocycles. The Balaban J connectivity index is 2.62. The van der Waals surface area contributed by atoms with Gasteiger partial charge < -0.3 is 4.57 Å². The van der Waals surface area contributed by atoms with Crippen molar-refractivity contribution < 1.29 is 0 Å². The summed E-state index contributed by atoms with van der Waals surface area (Å²) in [6, 6.07) is 0. The third kappa shape index (κ3) is 2.33. The van der Waals surface area contributed by atoms with Crippen LogP contribution in [-0.2, 0) is 13.0 Å². The molecule has 0 spiro atoms. The Bertz CT molecular complexity index is 187. The largest absolute Gasteiger partial charge is 0.334 e. The minimum absolute atomic E-state index is 1.00. The first-order chi connectivity index (χ1) is 5.38. The molecule has 0 N–H and O–H groups in total. The van der Waals surface area contributed by atoms with Crippen LogP contribution in [0, 0.1) is 0 Å². The van der Waals surface area contributed by atoms with Crippen molar-refractivity contribution in [3.63, 3.8) is 0 Å². The van der Waals surface area contributed by atoms with Crippen LogP contribution in [0.15, 0.2) is 12.4 Å². The zero-order valence-corrected chi connectivity index (χ0v) is 8.34. The van der Waals surface area contributed by atoms with Gasteiger partial charge in [-0.3, -0.25) is 0 Å². The summed E-state index contributed by atoms with van der Waals surface area (Å²) in [6.07, 6.45) is 6.15. The molecule has 0 aliphatic carbocycles. The second kappa shape index (κ2) is 4.54. The zero-order valence-electron chi connectivity index (χ0n) is 6.76. The van der Waals surface area contributed by atoms with Crippen LogP contribution in [0.5, 0.6) is 0 Å². The van der Waals surface area contributed by atoms with E-state index in [0.717, 1.165) is 18.3 Å². The molecule has 0 amide bonds. The molecule has 1 heterocycles. The summed E-state index contributed by atoms with van der Waals surface area (Å²) in [5.41, 5.74) is 0. The van der Waals surface area contributed by atoms with Gasteiger partial charge in [0.15, 0.2) is 0 Å². The fourth-order valence-corrected chi connectivity index (χ4v) is 1.47. The molecule has 0 aromatic carbocycles. The molecule has 62 valence electrons. The van der Waals surface area contributed by atoms with Crippen LogP contribution in [-0.4, -0.2) is 14.9 Å². The van der Waals surface area contributed by atoms with Crippen LogP contribution < -0.4 is 0 Å². The van der Waals surface area contributed by atoms with Crippen LogP contribution in [0.4, 0.5) is 0 Å². The van der Waals surface area contributed by atoms with Crippen LogP contribution in [0.1, 0.15) is 19.2 Å². The highest BCUT2D eigenvalue weighted by Gasteiger charge is 1.98. The van der Waals surface area contributed by atoms with Crippen molar-refractivity contribution in [2.75, 3.05) is 5.33 Å². The lowest BCUT2D eigenvalue weighted by Gasteiger charge is -2.02. The molecule has 1 rings (SSSR count). The molecule has 1 aromatic rings. The number of imidazole rings is 1. The van der Waals surface area contributed by atoms with E-state index in [1.165, 1.54) is 12.2 Å². The highest BCUT2D eigenvalue weighted by Crippen LogP contribution is 2.01. The van der Waals surface area contributed by atoms with Gasteiger partial charge in [0.1, 0.15) is 5.82 Å². The number of aromatic nitrogens is 2. The Labute approximate surface area is 75.8 Å². The highest BCUT2D eigenvalue weighted by atomic mass is 79.9. The maximum atomic E-state index is 4.27. The molecule has 11 heavy (non-hydrogen) atoms. The van der Waals surface area contributed by atoms with Gasteiger partial charge in [-0.25, -0.2) is 4.98 Å². The highest BCUT2D eigenvalue weighted by molar-refractivity contribution is 9.09. The van der Waals surface area contributed by atoms with Crippen molar-refractivity contribution in [2.45, 2.75) is 26.3 Å². The molecular weight excluding hydrogens is 204 g/mol. The lowest BCUT2D eigenvalue weighted by Crippen LogP contribution is -2.03. The van der Waals surface area contributed by atoms with E-state index in [-0.39, 0.29) is 0 Å². The zero-order chi connectivity index (χ0) is 8.10. The Morgan fingerprint density at radius 3 is 3.09 bits per heavy atom. The lowest BCUT2D eigenvalue weighted by atomic mass is 10.3. The molecule has 0 aliphatic heterocycles. The smallest absolute Gasteiger partial charge is 0.108 e. The summed E-state index contributed by atoms with van der Waals surface area (Å²) in [5, 5.41) is 1.00. The number of rotatable bonds is 4. The summed E-state index contributed by atoms with van der Waals surface area (Å²) in [7, 11) is 0. The van der Waals surface area contributed by atoms with E-state index < -0.39 is 0 Å². The van der Waals surface area contributed by atoms with E-state index in [1.54, 1.807) is 0 Å². The number of aryl methyl sites for hydroxylation is 2. The molecule has 0 bridgehead atoms. The van der Waals surface area contributed by atoms with Crippen molar-refractivity contribution in [3.05, 3.63) is 18.2 Å². The summed E-state index contributed by atoms with van der Waals surface area (Å²) >= 11 is 3.41. The molecule has 0 unspecified atom stereocenters. The van der Waals surface area contributed by atoms with E-state index in [0.29, 0.717) is 0 Å². The van der Waals surface area contributed by atoms with E-state index in [1.807, 2.05) is 12.4 Å². The monoisotopic (exact) mass is 216 g/mol. The van der Waals surface area contributed by atoms with Gasteiger partial charge in [0.25, 0.3) is 0 Å². The predicted octanol–water partition coefficient (Wildman–Crippen LogP) is 2.23. The summed E-state index contributed by atoms with van der Waals surface area (Å²) in [5.74, 6) is 1.20. The molecule has 0 fully saturated rings. The van der Waals surface area contributed by atoms with Gasteiger partial charge in [-0.05, 0) is 6.42 Å². The van der Waals surface area contributed by atoms with E-state index in [9.17, 15) is 0 Å². The fraction of sp³-hybridized carbons (Fsp3) is 0.625. The maximum absolute atomic E-state index is 4.27. The molecule has 0 aliphatic rings. The number of halogens is 1. The van der Waals surface area contributed by atoms with E-state index in [4.69, 9.17) is 0 Å². The second-order valence-corrected chi connectivity index (χ2v) is 3.27. The van der Waals surface area contributed by atoms with Crippen molar-refractivity contribution in [1.29, 1.82) is 0 Å². The van der Waals surface area contributed by atoms with Gasteiger partial charge in [0, 0.05) is 30.7 Å². The fourth-order valence-electron chi connectivity index (χ4n) is 1.09. The second-order valence-electron chi connectivity index (χ2n) is 2.48. The van der Waals surface area contributed by atoms with E-state index in [2.05, 4.69) is 32.4 Å². The third-order valence-electron chi connectivity index (χ3n) is 1.60. The molecule has 2 nitrogen and oxygen atoms in total. The van der Waals surface area contributed by atoms with Gasteiger partial charge in [-0.2, -0.15) is 0 Å². The Hall–Kier alpha value is -0.310. The Morgan fingerprint density at radius 1 is 1.64 bits per heavy atom. The van der Waals surface area contributed by atoms with Crippen LogP contribution >= 0.6 is 15.9 Å². The maximum Gasteiger partial charge on any atom is 0.108 e. The topological polar surface area (TPSA) is 17.8 Å². The van der Waals surface area contributed by atoms with Gasteiger partial charge in [-0.15, -0.1) is 0 Å². The lowest BCUT2D eigenvalue weighted by molar-refractivity contribution is 0.691. The van der Waals surface area contributed by atoms with Gasteiger partial charge >= 0.3 is 0 Å². The summed E-state index contributed by atoms with van der Waals surface area (Å²) < 4.78 is 2.19. The van der Waals surface area contributed by atoms with E-state index >= 15 is 0 Å². The first kappa shape index (κ1) is 8.78. The van der Waals surface area contributed by atoms with Crippen molar-refractivity contribution >= 4 is 15.9 Å². The van der Waals surface area contributed by atoms with Crippen LogP contribution in [0.2, 0.25) is 0 Å². The summed E-state index contributed by atoms with van der Waals surface area (Å²) in [4.78, 5) is 4.27. The van der Waals surface area contributed by atoms with Crippen molar-refractivity contribution in [2.24, 2.45) is 0 Å². The quantitative estimate of drug-likeness (QED) is 0.707. The molecule has 1 aromatic heterocycles. The van der Waals surface area contributed by atoms with Crippen molar-refractivity contribution in [3.8, 4) is 0 Å². The number of alkyl halides is 1.